The Balaban J connectivity index is 2.01. The molecular formula is C18H26O. The van der Waals surface area contributed by atoms with Crippen LogP contribution in [0.3, 0.4) is 0 Å². The van der Waals surface area contributed by atoms with E-state index in [9.17, 15) is 4.79 Å². The molecule has 0 aliphatic heterocycles. The van der Waals surface area contributed by atoms with Crippen molar-refractivity contribution in [1.29, 1.82) is 0 Å². The van der Waals surface area contributed by atoms with Crippen LogP contribution in [0.15, 0.2) is 24.3 Å². The lowest BCUT2D eigenvalue weighted by Crippen LogP contribution is -2.21. The van der Waals surface area contributed by atoms with Crippen LogP contribution in [0.5, 0.6) is 0 Å². The van der Waals surface area contributed by atoms with E-state index < -0.39 is 0 Å². The van der Waals surface area contributed by atoms with Crippen molar-refractivity contribution in [2.45, 2.75) is 58.8 Å². The molecule has 1 aromatic carbocycles. The molecule has 0 aromatic heterocycles. The van der Waals surface area contributed by atoms with E-state index in [-0.39, 0.29) is 5.78 Å². The Bertz CT molecular complexity index is 418. The van der Waals surface area contributed by atoms with Gasteiger partial charge in [-0.15, -0.1) is 0 Å². The molecule has 0 amide bonds. The number of carbonyl (C=O) groups is 1. The summed E-state index contributed by atoms with van der Waals surface area (Å²) in [5.74, 6) is 2.62. The fraction of sp³-hybridized carbons (Fsp3) is 0.611. The van der Waals surface area contributed by atoms with Gasteiger partial charge in [0.25, 0.3) is 0 Å². The van der Waals surface area contributed by atoms with Crippen LogP contribution in [-0.4, -0.2) is 5.78 Å². The summed E-state index contributed by atoms with van der Waals surface area (Å²) in [6.07, 6.45) is 6.69. The first-order valence-corrected chi connectivity index (χ1v) is 7.72. The highest BCUT2D eigenvalue weighted by atomic mass is 16.1. The van der Waals surface area contributed by atoms with Crippen molar-refractivity contribution in [3.05, 3.63) is 35.4 Å². The quantitative estimate of drug-likeness (QED) is 0.678. The number of rotatable bonds is 4. The second-order valence-electron chi connectivity index (χ2n) is 6.21. The first-order chi connectivity index (χ1) is 9.11. The van der Waals surface area contributed by atoms with Crippen LogP contribution in [0.25, 0.3) is 0 Å². The van der Waals surface area contributed by atoms with Gasteiger partial charge < -0.3 is 0 Å². The van der Waals surface area contributed by atoms with Crippen molar-refractivity contribution in [3.8, 4) is 0 Å². The van der Waals surface area contributed by atoms with Gasteiger partial charge in [0.2, 0.25) is 0 Å². The lowest BCUT2D eigenvalue weighted by Gasteiger charge is -2.34. The van der Waals surface area contributed by atoms with E-state index in [4.69, 9.17) is 0 Å². The Morgan fingerprint density at radius 3 is 2.42 bits per heavy atom. The summed E-state index contributed by atoms with van der Waals surface area (Å²) >= 11 is 0. The van der Waals surface area contributed by atoms with Crippen molar-refractivity contribution in [2.24, 2.45) is 11.8 Å². The number of hydrogen-bond acceptors (Lipinski definition) is 1. The Morgan fingerprint density at radius 2 is 1.89 bits per heavy atom. The summed E-state index contributed by atoms with van der Waals surface area (Å²) < 4.78 is 0. The molecule has 0 heterocycles. The van der Waals surface area contributed by atoms with E-state index in [0.717, 1.165) is 17.4 Å². The van der Waals surface area contributed by atoms with Gasteiger partial charge in [-0.05, 0) is 49.5 Å². The third-order valence-electron chi connectivity index (χ3n) is 4.80. The molecule has 1 nitrogen and oxygen atoms in total. The summed E-state index contributed by atoms with van der Waals surface area (Å²) in [6.45, 7) is 6.34. The van der Waals surface area contributed by atoms with Gasteiger partial charge in [0.15, 0.2) is 5.78 Å². The van der Waals surface area contributed by atoms with Gasteiger partial charge in [0.1, 0.15) is 0 Å². The van der Waals surface area contributed by atoms with Gasteiger partial charge in [0.05, 0.1) is 0 Å². The van der Waals surface area contributed by atoms with Crippen LogP contribution in [0.2, 0.25) is 0 Å². The molecule has 104 valence electrons. The standard InChI is InChI=1S/C18H26O/c1-4-5-15-6-11-18(12-13(15)2)17-9-7-16(8-10-17)14(3)19/h7-10,13,15,18H,4-6,11-12H2,1-3H3/t13-,15-,18+/m1/s1. The second-order valence-corrected chi connectivity index (χ2v) is 6.21. The zero-order valence-electron chi connectivity index (χ0n) is 12.5. The molecule has 19 heavy (non-hydrogen) atoms. The molecule has 3 atom stereocenters. The molecule has 2 rings (SSSR count). The van der Waals surface area contributed by atoms with Crippen LogP contribution in [0, 0.1) is 11.8 Å². The smallest absolute Gasteiger partial charge is 0.159 e. The molecular weight excluding hydrogens is 232 g/mol. The first-order valence-electron chi connectivity index (χ1n) is 7.72. The van der Waals surface area contributed by atoms with E-state index in [0.29, 0.717) is 5.92 Å². The maximum absolute atomic E-state index is 11.3. The summed E-state index contributed by atoms with van der Waals surface area (Å²) in [5, 5.41) is 0. The van der Waals surface area contributed by atoms with Gasteiger partial charge in [-0.2, -0.15) is 0 Å². The summed E-state index contributed by atoms with van der Waals surface area (Å²) in [6, 6.07) is 8.30. The lowest BCUT2D eigenvalue weighted by molar-refractivity contribution is 0.101. The number of ketones is 1. The zero-order chi connectivity index (χ0) is 13.8. The van der Waals surface area contributed by atoms with E-state index in [2.05, 4.69) is 26.0 Å². The maximum atomic E-state index is 11.3. The van der Waals surface area contributed by atoms with Crippen molar-refractivity contribution in [1.82, 2.24) is 0 Å². The molecule has 0 bridgehead atoms. The van der Waals surface area contributed by atoms with E-state index in [1.54, 1.807) is 6.92 Å². The SMILES string of the molecule is CCC[C@@H]1CC[C@H](c2ccc(C(C)=O)cc2)C[C@H]1C. The minimum atomic E-state index is 0.159. The highest BCUT2D eigenvalue weighted by molar-refractivity contribution is 5.94. The third kappa shape index (κ3) is 3.46. The van der Waals surface area contributed by atoms with Gasteiger partial charge in [-0.3, -0.25) is 4.79 Å². The first kappa shape index (κ1) is 14.3. The average molecular weight is 258 g/mol. The topological polar surface area (TPSA) is 17.1 Å². The van der Waals surface area contributed by atoms with Crippen LogP contribution >= 0.6 is 0 Å². The Hall–Kier alpha value is -1.11. The Labute approximate surface area is 117 Å². The van der Waals surface area contributed by atoms with Crippen LogP contribution in [-0.2, 0) is 0 Å². The molecule has 1 fully saturated rings. The molecule has 0 unspecified atom stereocenters. The zero-order valence-corrected chi connectivity index (χ0v) is 12.5. The minimum absolute atomic E-state index is 0.159. The predicted molar refractivity (Wildman–Crippen MR) is 80.6 cm³/mol. The van der Waals surface area contributed by atoms with E-state index in [1.807, 2.05) is 12.1 Å². The average Bonchev–Trinajstić information content (AvgIpc) is 2.41. The van der Waals surface area contributed by atoms with Crippen molar-refractivity contribution < 1.29 is 4.79 Å². The summed E-state index contributed by atoms with van der Waals surface area (Å²) in [4.78, 5) is 11.3. The number of carbonyl (C=O) groups excluding carboxylic acids is 1. The largest absolute Gasteiger partial charge is 0.295 e. The molecule has 1 aliphatic carbocycles. The molecule has 1 saturated carbocycles. The fourth-order valence-corrected chi connectivity index (χ4v) is 3.55. The second kappa shape index (κ2) is 6.36. The molecule has 0 N–H and O–H groups in total. The van der Waals surface area contributed by atoms with Gasteiger partial charge in [-0.25, -0.2) is 0 Å². The molecule has 0 saturated heterocycles. The Kier molecular flexibility index (Phi) is 4.79. The number of hydrogen-bond donors (Lipinski definition) is 0. The van der Waals surface area contributed by atoms with E-state index in [1.165, 1.54) is 37.7 Å². The number of Topliss-reactive ketones (excluding diaryl/α,β-unsaturated/α-hetero) is 1. The van der Waals surface area contributed by atoms with Crippen LogP contribution in [0.1, 0.15) is 74.7 Å². The highest BCUT2D eigenvalue weighted by Gasteiger charge is 2.27. The minimum Gasteiger partial charge on any atom is -0.295 e. The van der Waals surface area contributed by atoms with Gasteiger partial charge in [0, 0.05) is 5.56 Å². The van der Waals surface area contributed by atoms with Crippen molar-refractivity contribution >= 4 is 5.78 Å². The van der Waals surface area contributed by atoms with Gasteiger partial charge in [-0.1, -0.05) is 51.0 Å². The fourth-order valence-electron chi connectivity index (χ4n) is 3.55. The maximum Gasteiger partial charge on any atom is 0.159 e. The molecule has 1 aromatic rings. The highest BCUT2D eigenvalue weighted by Crippen LogP contribution is 2.41. The van der Waals surface area contributed by atoms with Crippen molar-refractivity contribution in [3.63, 3.8) is 0 Å². The lowest BCUT2D eigenvalue weighted by atomic mass is 9.71. The normalized spacial score (nSPS) is 27.2. The summed E-state index contributed by atoms with van der Waals surface area (Å²) in [5.41, 5.74) is 2.25. The Morgan fingerprint density at radius 1 is 1.21 bits per heavy atom. The summed E-state index contributed by atoms with van der Waals surface area (Å²) in [7, 11) is 0. The molecule has 1 heteroatoms. The predicted octanol–water partition coefficient (Wildman–Crippen LogP) is 5.21. The van der Waals surface area contributed by atoms with Gasteiger partial charge >= 0.3 is 0 Å². The van der Waals surface area contributed by atoms with Crippen LogP contribution < -0.4 is 0 Å². The number of benzene rings is 1. The van der Waals surface area contributed by atoms with E-state index >= 15 is 0 Å². The molecule has 0 radical (unpaired) electrons. The molecule has 1 aliphatic rings. The van der Waals surface area contributed by atoms with Crippen molar-refractivity contribution in [2.75, 3.05) is 0 Å². The van der Waals surface area contributed by atoms with Crippen LogP contribution in [0.4, 0.5) is 0 Å². The molecule has 0 spiro atoms. The third-order valence-corrected chi connectivity index (χ3v) is 4.80. The monoisotopic (exact) mass is 258 g/mol.